The molecule has 194 valence electrons. The molecule has 0 unspecified atom stereocenters. The molecule has 9 heteroatoms. The van der Waals surface area contributed by atoms with E-state index in [0.29, 0.717) is 23.1 Å². The molecular formula is C28H34ClN7O. The molecule has 1 aliphatic heterocycles. The van der Waals surface area contributed by atoms with Crippen LogP contribution in [0.25, 0.3) is 22.2 Å². The van der Waals surface area contributed by atoms with Crippen molar-refractivity contribution in [2.75, 3.05) is 57.3 Å². The highest BCUT2D eigenvalue weighted by Gasteiger charge is 2.23. The molecule has 3 N–H and O–H groups in total. The Hall–Kier alpha value is -3.49. The molecule has 0 atom stereocenters. The van der Waals surface area contributed by atoms with E-state index in [9.17, 15) is 0 Å². The van der Waals surface area contributed by atoms with Crippen LogP contribution in [-0.2, 0) is 13.0 Å². The van der Waals surface area contributed by atoms with Gasteiger partial charge in [-0.2, -0.15) is 0 Å². The smallest absolute Gasteiger partial charge is 0.227 e. The van der Waals surface area contributed by atoms with Gasteiger partial charge in [-0.25, -0.2) is 9.97 Å². The third-order valence-electron chi connectivity index (χ3n) is 6.99. The summed E-state index contributed by atoms with van der Waals surface area (Å²) >= 11 is 6.65. The standard InChI is InChI=1S/C28H34ClN7O/c1-34(2)14-15-35(3)24-17-25(37-4)22(16-20(24)30)33-28-31-12-11-21(32-28)26-18-8-7-9-19(29)27(18)36-13-6-5-10-23(26)36/h7-9,11-12,16-17H,5-6,10,13-15,30H2,1-4H3,(H,31,32,33). The van der Waals surface area contributed by atoms with E-state index in [4.69, 9.17) is 27.1 Å². The van der Waals surface area contributed by atoms with Gasteiger partial charge < -0.3 is 30.2 Å². The van der Waals surface area contributed by atoms with Gasteiger partial charge in [-0.1, -0.05) is 23.7 Å². The maximum absolute atomic E-state index is 6.65. The highest BCUT2D eigenvalue weighted by Crippen LogP contribution is 2.41. The summed E-state index contributed by atoms with van der Waals surface area (Å²) in [6.07, 6.45) is 5.09. The summed E-state index contributed by atoms with van der Waals surface area (Å²) in [6.45, 7) is 2.73. The molecule has 0 saturated carbocycles. The molecule has 4 aromatic rings. The molecule has 37 heavy (non-hydrogen) atoms. The van der Waals surface area contributed by atoms with Gasteiger partial charge in [0.1, 0.15) is 5.75 Å². The fourth-order valence-corrected chi connectivity index (χ4v) is 5.38. The fourth-order valence-electron chi connectivity index (χ4n) is 5.10. The van der Waals surface area contributed by atoms with Crippen molar-refractivity contribution in [2.45, 2.75) is 25.8 Å². The molecule has 0 spiro atoms. The van der Waals surface area contributed by atoms with E-state index >= 15 is 0 Å². The number of aromatic nitrogens is 3. The number of likely N-dealkylation sites (N-methyl/N-ethyl adjacent to an activating group) is 2. The van der Waals surface area contributed by atoms with Crippen LogP contribution in [0.15, 0.2) is 42.6 Å². The number of para-hydroxylation sites is 1. The van der Waals surface area contributed by atoms with E-state index in [1.54, 1.807) is 13.3 Å². The average molecular weight is 520 g/mol. The van der Waals surface area contributed by atoms with Crippen molar-refractivity contribution < 1.29 is 4.74 Å². The van der Waals surface area contributed by atoms with Crippen LogP contribution < -0.4 is 20.7 Å². The van der Waals surface area contributed by atoms with Crippen molar-refractivity contribution in [3.63, 3.8) is 0 Å². The molecule has 0 amide bonds. The maximum atomic E-state index is 6.65. The predicted octanol–water partition coefficient (Wildman–Crippen LogP) is 5.42. The SMILES string of the molecule is COc1cc(N(C)CCN(C)C)c(N)cc1Nc1nccc(-c2c3n(c4c(Cl)cccc24)CCCC3)n1. The zero-order chi connectivity index (χ0) is 26.1. The van der Waals surface area contributed by atoms with Crippen LogP contribution in [0.2, 0.25) is 5.02 Å². The zero-order valence-electron chi connectivity index (χ0n) is 21.9. The number of anilines is 4. The molecule has 0 saturated heterocycles. The number of nitrogens with zero attached hydrogens (tertiary/aromatic N) is 5. The van der Waals surface area contributed by atoms with Crippen molar-refractivity contribution >= 4 is 45.5 Å². The average Bonchev–Trinajstić information content (AvgIpc) is 3.23. The van der Waals surface area contributed by atoms with Crippen LogP contribution in [0.3, 0.4) is 0 Å². The number of fused-ring (bicyclic) bond motifs is 3. The molecule has 0 fully saturated rings. The van der Waals surface area contributed by atoms with E-state index < -0.39 is 0 Å². The van der Waals surface area contributed by atoms with Gasteiger partial charge >= 0.3 is 0 Å². The largest absolute Gasteiger partial charge is 0.494 e. The van der Waals surface area contributed by atoms with Gasteiger partial charge in [-0.05, 0) is 51.6 Å². The van der Waals surface area contributed by atoms with Crippen molar-refractivity contribution in [1.29, 1.82) is 0 Å². The Bertz CT molecular complexity index is 1430. The minimum atomic E-state index is 0.481. The van der Waals surface area contributed by atoms with E-state index in [-0.39, 0.29) is 0 Å². The number of nitrogens with one attached hydrogen (secondary N) is 1. The van der Waals surface area contributed by atoms with Crippen molar-refractivity contribution in [2.24, 2.45) is 0 Å². The van der Waals surface area contributed by atoms with E-state index in [2.05, 4.69) is 44.8 Å². The minimum absolute atomic E-state index is 0.481. The highest BCUT2D eigenvalue weighted by molar-refractivity contribution is 6.35. The van der Waals surface area contributed by atoms with E-state index in [1.165, 1.54) is 5.69 Å². The molecule has 3 heterocycles. The topological polar surface area (TPSA) is 84.5 Å². The fraction of sp³-hybridized carbons (Fsp3) is 0.357. The molecule has 2 aromatic heterocycles. The number of nitrogen functional groups attached to an aromatic ring is 1. The van der Waals surface area contributed by atoms with Gasteiger partial charge in [0.25, 0.3) is 0 Å². The molecule has 0 aliphatic carbocycles. The number of halogens is 1. The third-order valence-corrected chi connectivity index (χ3v) is 7.29. The Morgan fingerprint density at radius 2 is 1.97 bits per heavy atom. The molecule has 1 aliphatic rings. The van der Waals surface area contributed by atoms with Crippen molar-refractivity contribution in [3.8, 4) is 17.0 Å². The predicted molar refractivity (Wildman–Crippen MR) is 153 cm³/mol. The first-order valence-electron chi connectivity index (χ1n) is 12.6. The monoisotopic (exact) mass is 519 g/mol. The Morgan fingerprint density at radius 1 is 1.14 bits per heavy atom. The summed E-state index contributed by atoms with van der Waals surface area (Å²) in [5.41, 5.74) is 13.1. The van der Waals surface area contributed by atoms with Crippen LogP contribution in [0.5, 0.6) is 5.75 Å². The van der Waals surface area contributed by atoms with E-state index in [0.717, 1.165) is 71.8 Å². The zero-order valence-corrected chi connectivity index (χ0v) is 22.6. The second kappa shape index (κ2) is 10.5. The second-order valence-corrected chi connectivity index (χ2v) is 10.2. The second-order valence-electron chi connectivity index (χ2n) is 9.79. The lowest BCUT2D eigenvalue weighted by molar-refractivity contribution is 0.413. The van der Waals surface area contributed by atoms with Crippen LogP contribution >= 0.6 is 11.6 Å². The van der Waals surface area contributed by atoms with Gasteiger partial charge in [0.05, 0.1) is 40.4 Å². The number of hydrogen-bond acceptors (Lipinski definition) is 7. The Kier molecular flexibility index (Phi) is 7.13. The van der Waals surface area contributed by atoms with Crippen LogP contribution in [-0.4, -0.2) is 60.8 Å². The number of nitrogens with two attached hydrogens (primary N) is 1. The Morgan fingerprint density at radius 3 is 2.76 bits per heavy atom. The Labute approximate surface area is 223 Å². The number of rotatable bonds is 8. The summed E-state index contributed by atoms with van der Waals surface area (Å²) in [7, 11) is 7.80. The first-order valence-corrected chi connectivity index (χ1v) is 13.0. The van der Waals surface area contributed by atoms with Crippen LogP contribution in [0, 0.1) is 0 Å². The van der Waals surface area contributed by atoms with Crippen LogP contribution in [0.1, 0.15) is 18.5 Å². The highest BCUT2D eigenvalue weighted by atomic mass is 35.5. The molecular weight excluding hydrogens is 486 g/mol. The normalized spacial score (nSPS) is 13.1. The minimum Gasteiger partial charge on any atom is -0.494 e. The van der Waals surface area contributed by atoms with Gasteiger partial charge in [0.15, 0.2) is 0 Å². The summed E-state index contributed by atoms with van der Waals surface area (Å²) in [5, 5.41) is 5.23. The number of methoxy groups -OCH3 is 1. The van der Waals surface area contributed by atoms with Gasteiger partial charge in [-0.15, -0.1) is 0 Å². The summed E-state index contributed by atoms with van der Waals surface area (Å²) < 4.78 is 8.07. The van der Waals surface area contributed by atoms with Crippen LogP contribution in [0.4, 0.5) is 23.0 Å². The van der Waals surface area contributed by atoms with Gasteiger partial charge in [0.2, 0.25) is 5.95 Å². The molecule has 0 radical (unpaired) electrons. The Balaban J connectivity index is 1.50. The summed E-state index contributed by atoms with van der Waals surface area (Å²) in [5.74, 6) is 1.16. The molecule has 2 aromatic carbocycles. The summed E-state index contributed by atoms with van der Waals surface area (Å²) in [4.78, 5) is 13.7. The molecule has 0 bridgehead atoms. The molecule has 8 nitrogen and oxygen atoms in total. The van der Waals surface area contributed by atoms with Crippen molar-refractivity contribution in [1.82, 2.24) is 19.4 Å². The number of ether oxygens (including phenoxy) is 1. The number of benzene rings is 2. The third kappa shape index (κ3) is 4.91. The molecule has 5 rings (SSSR count). The number of aryl methyl sites for hydroxylation is 1. The maximum Gasteiger partial charge on any atom is 0.227 e. The lowest BCUT2D eigenvalue weighted by Gasteiger charge is -2.24. The first-order chi connectivity index (χ1) is 17.9. The van der Waals surface area contributed by atoms with E-state index in [1.807, 2.05) is 37.4 Å². The lowest BCUT2D eigenvalue weighted by Crippen LogP contribution is -2.29. The first kappa shape index (κ1) is 25.2. The number of hydrogen-bond donors (Lipinski definition) is 2. The van der Waals surface area contributed by atoms with Gasteiger partial charge in [0, 0.05) is 55.6 Å². The van der Waals surface area contributed by atoms with Crippen molar-refractivity contribution in [3.05, 3.63) is 53.3 Å². The summed E-state index contributed by atoms with van der Waals surface area (Å²) in [6, 6.07) is 11.9. The quantitative estimate of drug-likeness (QED) is 0.301. The van der Waals surface area contributed by atoms with Gasteiger partial charge in [-0.3, -0.25) is 0 Å². The lowest BCUT2D eigenvalue weighted by atomic mass is 10.0.